The number of benzene rings is 1. The van der Waals surface area contributed by atoms with Crippen molar-refractivity contribution in [1.29, 1.82) is 0 Å². The van der Waals surface area contributed by atoms with Crippen LogP contribution in [-0.4, -0.2) is 20.5 Å². The van der Waals surface area contributed by atoms with Crippen LogP contribution in [0.25, 0.3) is 11.3 Å². The van der Waals surface area contributed by atoms with Gasteiger partial charge in [-0.05, 0) is 19.1 Å². The van der Waals surface area contributed by atoms with Gasteiger partial charge < -0.3 is 5.11 Å². The van der Waals surface area contributed by atoms with Crippen molar-refractivity contribution in [1.82, 2.24) is 15.4 Å². The molecule has 1 heterocycles. The third kappa shape index (κ3) is 2.00. The number of aliphatic hydroxyl groups is 1. The molecule has 2 N–H and O–H groups in total. The van der Waals surface area contributed by atoms with Crippen LogP contribution in [0.4, 0.5) is 0 Å². The van der Waals surface area contributed by atoms with Crippen LogP contribution in [0.15, 0.2) is 24.3 Å². The van der Waals surface area contributed by atoms with Gasteiger partial charge >= 0.3 is 0 Å². The fraction of sp³-hybridized carbons (Fsp3) is 0.200. The van der Waals surface area contributed by atoms with E-state index >= 15 is 0 Å². The molecule has 0 aliphatic rings. The zero-order valence-corrected chi connectivity index (χ0v) is 8.86. The normalized spacial score (nSPS) is 12.7. The van der Waals surface area contributed by atoms with Gasteiger partial charge in [-0.3, -0.25) is 0 Å². The predicted molar refractivity (Wildman–Crippen MR) is 57.5 cm³/mol. The van der Waals surface area contributed by atoms with Crippen molar-refractivity contribution in [2.75, 3.05) is 0 Å². The first-order valence-corrected chi connectivity index (χ1v) is 4.91. The minimum absolute atomic E-state index is 0.525. The zero-order valence-electron chi connectivity index (χ0n) is 8.11. The summed E-state index contributed by atoms with van der Waals surface area (Å²) in [7, 11) is 0. The van der Waals surface area contributed by atoms with Gasteiger partial charge in [0.05, 0.1) is 6.10 Å². The van der Waals surface area contributed by atoms with Gasteiger partial charge in [-0.15, -0.1) is 0 Å². The fourth-order valence-corrected chi connectivity index (χ4v) is 1.57. The van der Waals surface area contributed by atoms with Gasteiger partial charge in [0.2, 0.25) is 0 Å². The Morgan fingerprint density at radius 3 is 2.87 bits per heavy atom. The maximum atomic E-state index is 9.47. The van der Waals surface area contributed by atoms with E-state index in [4.69, 9.17) is 11.6 Å². The minimum Gasteiger partial charge on any atom is -0.387 e. The Bertz CT molecular complexity index is 467. The molecule has 0 spiro atoms. The SMILES string of the molecule is CC(O)c1n[nH]nc1-c1cccc(Cl)c1. The Labute approximate surface area is 91.9 Å². The highest BCUT2D eigenvalue weighted by Gasteiger charge is 2.14. The third-order valence-electron chi connectivity index (χ3n) is 2.07. The molecular formula is C10H10ClN3O. The first-order valence-electron chi connectivity index (χ1n) is 4.53. The molecule has 0 saturated heterocycles. The number of aromatic amines is 1. The van der Waals surface area contributed by atoms with Gasteiger partial charge in [-0.1, -0.05) is 23.7 Å². The molecule has 1 atom stereocenters. The number of rotatable bonds is 2. The Morgan fingerprint density at radius 2 is 2.20 bits per heavy atom. The molecule has 1 aromatic heterocycles. The van der Waals surface area contributed by atoms with Gasteiger partial charge in [0.15, 0.2) is 0 Å². The molecule has 0 aliphatic heterocycles. The number of halogens is 1. The summed E-state index contributed by atoms with van der Waals surface area (Å²) in [6, 6.07) is 7.27. The maximum absolute atomic E-state index is 9.47. The van der Waals surface area contributed by atoms with E-state index < -0.39 is 6.10 Å². The van der Waals surface area contributed by atoms with E-state index in [0.29, 0.717) is 16.4 Å². The number of hydrogen-bond acceptors (Lipinski definition) is 3. The summed E-state index contributed by atoms with van der Waals surface area (Å²) >= 11 is 5.87. The number of hydrogen-bond donors (Lipinski definition) is 2. The van der Waals surface area contributed by atoms with Crippen LogP contribution in [0.3, 0.4) is 0 Å². The van der Waals surface area contributed by atoms with E-state index in [1.165, 1.54) is 0 Å². The number of H-pyrrole nitrogens is 1. The minimum atomic E-state index is -0.655. The smallest absolute Gasteiger partial charge is 0.119 e. The zero-order chi connectivity index (χ0) is 10.8. The molecule has 0 saturated carbocycles. The average molecular weight is 224 g/mol. The molecule has 1 unspecified atom stereocenters. The van der Waals surface area contributed by atoms with Crippen LogP contribution < -0.4 is 0 Å². The van der Waals surface area contributed by atoms with Crippen molar-refractivity contribution in [3.63, 3.8) is 0 Å². The average Bonchev–Trinajstić information content (AvgIpc) is 2.65. The molecule has 5 heteroatoms. The molecule has 0 radical (unpaired) electrons. The lowest BCUT2D eigenvalue weighted by Gasteiger charge is -2.03. The largest absolute Gasteiger partial charge is 0.387 e. The lowest BCUT2D eigenvalue weighted by molar-refractivity contribution is 0.195. The van der Waals surface area contributed by atoms with Crippen LogP contribution in [0.1, 0.15) is 18.7 Å². The molecule has 0 fully saturated rings. The summed E-state index contributed by atoms with van der Waals surface area (Å²) in [5.74, 6) is 0. The first kappa shape index (κ1) is 10.1. The second kappa shape index (κ2) is 4.00. The predicted octanol–water partition coefficient (Wildman–Crippen LogP) is 2.18. The van der Waals surface area contributed by atoms with E-state index in [9.17, 15) is 5.11 Å². The molecule has 0 bridgehead atoms. The summed E-state index contributed by atoms with van der Waals surface area (Å²) in [4.78, 5) is 0. The highest BCUT2D eigenvalue weighted by molar-refractivity contribution is 6.30. The van der Waals surface area contributed by atoms with Crippen LogP contribution in [0, 0.1) is 0 Å². The van der Waals surface area contributed by atoms with Crippen molar-refractivity contribution in [2.24, 2.45) is 0 Å². The molecular weight excluding hydrogens is 214 g/mol. The number of nitrogens with one attached hydrogen (secondary N) is 1. The highest BCUT2D eigenvalue weighted by atomic mass is 35.5. The quantitative estimate of drug-likeness (QED) is 0.820. The van der Waals surface area contributed by atoms with Crippen molar-refractivity contribution in [3.05, 3.63) is 35.0 Å². The molecule has 2 aromatic rings. The topological polar surface area (TPSA) is 61.8 Å². The number of aromatic nitrogens is 3. The summed E-state index contributed by atoms with van der Waals surface area (Å²) < 4.78 is 0. The number of aliphatic hydroxyl groups excluding tert-OH is 1. The van der Waals surface area contributed by atoms with Crippen LogP contribution in [0.2, 0.25) is 5.02 Å². The Hall–Kier alpha value is -1.39. The fourth-order valence-electron chi connectivity index (χ4n) is 1.38. The molecule has 78 valence electrons. The Morgan fingerprint density at radius 1 is 1.40 bits per heavy atom. The summed E-state index contributed by atoms with van der Waals surface area (Å²) in [5, 5.41) is 20.5. The van der Waals surface area contributed by atoms with E-state index in [1.54, 1.807) is 19.1 Å². The molecule has 0 amide bonds. The molecule has 2 rings (SSSR count). The van der Waals surface area contributed by atoms with Crippen LogP contribution in [0.5, 0.6) is 0 Å². The number of nitrogens with zero attached hydrogens (tertiary/aromatic N) is 2. The third-order valence-corrected chi connectivity index (χ3v) is 2.30. The van der Waals surface area contributed by atoms with Gasteiger partial charge in [0, 0.05) is 10.6 Å². The van der Waals surface area contributed by atoms with Gasteiger partial charge in [-0.2, -0.15) is 15.4 Å². The standard InChI is InChI=1S/C10H10ClN3O/c1-6(15)9-10(13-14-12-9)7-3-2-4-8(11)5-7/h2-6,15H,1H3,(H,12,13,14). The van der Waals surface area contributed by atoms with E-state index in [2.05, 4.69) is 15.4 Å². The van der Waals surface area contributed by atoms with Crippen LogP contribution >= 0.6 is 11.6 Å². The Kier molecular flexibility index (Phi) is 2.70. The lowest BCUT2D eigenvalue weighted by Crippen LogP contribution is -1.94. The van der Waals surface area contributed by atoms with Gasteiger partial charge in [0.1, 0.15) is 11.4 Å². The molecule has 0 aliphatic carbocycles. The second-order valence-electron chi connectivity index (χ2n) is 3.24. The van der Waals surface area contributed by atoms with Crippen molar-refractivity contribution >= 4 is 11.6 Å². The second-order valence-corrected chi connectivity index (χ2v) is 3.68. The summed E-state index contributed by atoms with van der Waals surface area (Å²) in [6.45, 7) is 1.64. The van der Waals surface area contributed by atoms with Gasteiger partial charge in [0.25, 0.3) is 0 Å². The van der Waals surface area contributed by atoms with Crippen LogP contribution in [-0.2, 0) is 0 Å². The van der Waals surface area contributed by atoms with E-state index in [1.807, 2.05) is 12.1 Å². The van der Waals surface area contributed by atoms with E-state index in [0.717, 1.165) is 5.56 Å². The van der Waals surface area contributed by atoms with Crippen molar-refractivity contribution in [3.8, 4) is 11.3 Å². The first-order chi connectivity index (χ1) is 7.18. The molecule has 15 heavy (non-hydrogen) atoms. The molecule has 4 nitrogen and oxygen atoms in total. The van der Waals surface area contributed by atoms with Crippen molar-refractivity contribution in [2.45, 2.75) is 13.0 Å². The summed E-state index contributed by atoms with van der Waals surface area (Å²) in [6.07, 6.45) is -0.655. The summed E-state index contributed by atoms with van der Waals surface area (Å²) in [5.41, 5.74) is 2.00. The monoisotopic (exact) mass is 223 g/mol. The molecule has 1 aromatic carbocycles. The maximum Gasteiger partial charge on any atom is 0.119 e. The van der Waals surface area contributed by atoms with E-state index in [-0.39, 0.29) is 0 Å². The lowest BCUT2D eigenvalue weighted by atomic mass is 10.1. The van der Waals surface area contributed by atoms with Gasteiger partial charge in [-0.25, -0.2) is 0 Å². The Balaban J connectivity index is 2.49. The van der Waals surface area contributed by atoms with Crippen molar-refractivity contribution < 1.29 is 5.11 Å². The highest BCUT2D eigenvalue weighted by Crippen LogP contribution is 2.25.